The predicted molar refractivity (Wildman–Crippen MR) is 214 cm³/mol. The van der Waals surface area contributed by atoms with Crippen molar-refractivity contribution in [3.8, 4) is 0 Å². The zero-order valence-corrected chi connectivity index (χ0v) is 36.5. The van der Waals surface area contributed by atoms with Crippen LogP contribution in [-0.2, 0) is 23.2 Å². The van der Waals surface area contributed by atoms with E-state index in [0.29, 0.717) is 12.8 Å². The van der Waals surface area contributed by atoms with Gasteiger partial charge in [0.15, 0.2) is 16.6 Å². The molecule has 1 aliphatic rings. The molecule has 13 heteroatoms. The smallest absolute Gasteiger partial charge is 0.309 e. The van der Waals surface area contributed by atoms with Crippen molar-refractivity contribution in [1.82, 2.24) is 4.98 Å². The van der Waals surface area contributed by atoms with Crippen LogP contribution in [0.3, 0.4) is 0 Å². The van der Waals surface area contributed by atoms with Gasteiger partial charge in [-0.1, -0.05) is 80.8 Å². The zero-order valence-electron chi connectivity index (χ0n) is 33.7. The number of azide groups is 1. The van der Waals surface area contributed by atoms with Gasteiger partial charge >= 0.3 is 5.97 Å². The van der Waals surface area contributed by atoms with Crippen LogP contribution < -0.4 is 0 Å². The standard InChI is InChI=1S/C38H68N4O6SSi2/c1-13-50(14-2,15-3)47-34-24-35(44)46-33(27(8)22-30-25-49-29(10)40-30)23-31(41-42-39)32(43)21-19-20-26(7)36(28(9)37(45)38(34,11)12)48-51(16-4,17-5)18-6/h22,25-26,28,31-34,36,43H,13-21,23-24H2,1-12H3/t26-,28+,31-,32-,33-,34+,36-/m1/s1. The molecule has 7 atom stereocenters. The van der Waals surface area contributed by atoms with E-state index in [1.165, 1.54) is 11.3 Å². The van der Waals surface area contributed by atoms with Crippen molar-refractivity contribution < 1.29 is 28.3 Å². The van der Waals surface area contributed by atoms with Gasteiger partial charge in [0.05, 0.1) is 41.5 Å². The minimum atomic E-state index is -2.29. The van der Waals surface area contributed by atoms with Gasteiger partial charge in [-0.2, -0.15) is 0 Å². The highest BCUT2D eigenvalue weighted by Crippen LogP contribution is 2.40. The summed E-state index contributed by atoms with van der Waals surface area (Å²) in [5.74, 6) is -0.864. The summed E-state index contributed by atoms with van der Waals surface area (Å²) in [6.07, 6.45) is 0.938. The number of thiazole rings is 1. The number of carbonyl (C=O) groups excluding carboxylic acids is 2. The Balaban J connectivity index is 2.74. The molecule has 0 radical (unpaired) electrons. The molecule has 1 aliphatic heterocycles. The lowest BCUT2D eigenvalue weighted by Crippen LogP contribution is -2.53. The van der Waals surface area contributed by atoms with Crippen molar-refractivity contribution >= 4 is 45.8 Å². The molecular weight excluding hydrogens is 697 g/mol. The number of Topliss-reactive ketones (excluding diaryl/α,β-unsaturated/α-hetero) is 1. The van der Waals surface area contributed by atoms with E-state index in [1.54, 1.807) is 0 Å². The number of esters is 1. The van der Waals surface area contributed by atoms with Crippen LogP contribution in [0.25, 0.3) is 16.5 Å². The number of hydrogen-bond donors (Lipinski definition) is 1. The SMILES string of the molecule is CC[Si](CC)(CC)O[C@@H]1[C@H](C)CCC[C@@H](O)[C@H](N=[N+]=[N-])C[C@H](C(C)=Cc2csc(C)n2)OC(=O)C[C@H](O[Si](CC)(CC)CC)C(C)(C)C(=O)[C@H]1C. The van der Waals surface area contributed by atoms with Gasteiger partial charge in [0, 0.05) is 21.6 Å². The predicted octanol–water partition coefficient (Wildman–Crippen LogP) is 10.4. The van der Waals surface area contributed by atoms with Crippen molar-refractivity contribution in [3.63, 3.8) is 0 Å². The summed E-state index contributed by atoms with van der Waals surface area (Å²) in [7, 11) is -4.41. The minimum Gasteiger partial charge on any atom is -0.458 e. The second-order valence-corrected chi connectivity index (χ2v) is 25.9. The van der Waals surface area contributed by atoms with E-state index in [-0.39, 0.29) is 30.6 Å². The highest BCUT2D eigenvalue weighted by Gasteiger charge is 2.48. The number of rotatable bonds is 13. The van der Waals surface area contributed by atoms with Crippen LogP contribution in [0.2, 0.25) is 36.3 Å². The van der Waals surface area contributed by atoms with E-state index >= 15 is 0 Å². The summed E-state index contributed by atoms with van der Waals surface area (Å²) in [4.78, 5) is 36.7. The fourth-order valence-electron chi connectivity index (χ4n) is 7.67. The van der Waals surface area contributed by atoms with Gasteiger partial charge in [-0.15, -0.1) is 11.3 Å². The number of cyclic esters (lactones) is 1. The first kappa shape index (κ1) is 45.3. The summed E-state index contributed by atoms with van der Waals surface area (Å²) in [6, 6.07) is 4.69. The van der Waals surface area contributed by atoms with Gasteiger partial charge in [0.2, 0.25) is 0 Å². The van der Waals surface area contributed by atoms with Crippen LogP contribution in [0.4, 0.5) is 0 Å². The minimum absolute atomic E-state index is 0.0357. The van der Waals surface area contributed by atoms with Gasteiger partial charge < -0.3 is 18.7 Å². The highest BCUT2D eigenvalue weighted by atomic mass is 32.1. The number of aliphatic hydroxyl groups excluding tert-OH is 1. The molecule has 1 fully saturated rings. The van der Waals surface area contributed by atoms with Gasteiger partial charge in [-0.3, -0.25) is 9.59 Å². The Morgan fingerprint density at radius 2 is 1.63 bits per heavy atom. The maximum atomic E-state index is 14.9. The van der Waals surface area contributed by atoms with Gasteiger partial charge in [-0.25, -0.2) is 4.98 Å². The van der Waals surface area contributed by atoms with E-state index in [4.69, 9.17) is 13.6 Å². The second-order valence-electron chi connectivity index (χ2n) is 15.4. The largest absolute Gasteiger partial charge is 0.458 e. The summed E-state index contributed by atoms with van der Waals surface area (Å²) < 4.78 is 20.5. The molecule has 0 saturated carbocycles. The zero-order chi connectivity index (χ0) is 38.6. The summed E-state index contributed by atoms with van der Waals surface area (Å²) in [5, 5.41) is 18.3. The number of ketones is 1. The highest BCUT2D eigenvalue weighted by molar-refractivity contribution is 7.09. The molecule has 1 N–H and O–H groups in total. The van der Waals surface area contributed by atoms with Gasteiger partial charge in [0.25, 0.3) is 0 Å². The molecule has 2 heterocycles. The van der Waals surface area contributed by atoms with Gasteiger partial charge in [-0.05, 0) is 92.5 Å². The molecule has 1 aromatic rings. The monoisotopic (exact) mass is 764 g/mol. The Bertz CT molecular complexity index is 1320. The van der Waals surface area contributed by atoms with Gasteiger partial charge in [0.1, 0.15) is 11.9 Å². The first-order chi connectivity index (χ1) is 24.0. The van der Waals surface area contributed by atoms with E-state index < -0.39 is 58.3 Å². The molecule has 0 unspecified atom stereocenters. The van der Waals surface area contributed by atoms with E-state index in [0.717, 1.165) is 59.0 Å². The van der Waals surface area contributed by atoms with Crippen LogP contribution >= 0.6 is 11.3 Å². The first-order valence-electron chi connectivity index (χ1n) is 19.4. The molecular formula is C38H68N4O6SSi2. The quantitative estimate of drug-likeness (QED) is 0.0692. The van der Waals surface area contributed by atoms with Crippen LogP contribution in [0.1, 0.15) is 119 Å². The molecule has 51 heavy (non-hydrogen) atoms. The Hall–Kier alpha value is -1.87. The summed E-state index contributed by atoms with van der Waals surface area (Å²) in [6.45, 7) is 24.8. The third-order valence-electron chi connectivity index (χ3n) is 12.0. The average Bonchev–Trinajstić information content (AvgIpc) is 3.53. The number of ether oxygens (including phenoxy) is 1. The molecule has 10 nitrogen and oxygen atoms in total. The average molecular weight is 765 g/mol. The lowest BCUT2D eigenvalue weighted by atomic mass is 9.73. The van der Waals surface area contributed by atoms with Crippen molar-refractivity contribution in [2.75, 3.05) is 0 Å². The van der Waals surface area contributed by atoms with Crippen LogP contribution in [0.15, 0.2) is 16.1 Å². The van der Waals surface area contributed by atoms with E-state index in [9.17, 15) is 20.2 Å². The molecule has 0 aliphatic carbocycles. The summed E-state index contributed by atoms with van der Waals surface area (Å²) in [5.41, 5.74) is 10.00. The van der Waals surface area contributed by atoms with E-state index in [1.807, 2.05) is 46.1 Å². The summed E-state index contributed by atoms with van der Waals surface area (Å²) >= 11 is 1.53. The maximum absolute atomic E-state index is 14.9. The Morgan fingerprint density at radius 1 is 1.06 bits per heavy atom. The van der Waals surface area contributed by atoms with Crippen LogP contribution in [0, 0.1) is 24.2 Å². The Morgan fingerprint density at radius 3 is 2.14 bits per heavy atom. The van der Waals surface area contributed by atoms with E-state index in [2.05, 4.69) is 63.5 Å². The van der Waals surface area contributed by atoms with Crippen molar-refractivity contribution in [3.05, 3.63) is 32.1 Å². The molecule has 0 spiro atoms. The van der Waals surface area contributed by atoms with Crippen molar-refractivity contribution in [2.24, 2.45) is 22.4 Å². The number of carbonyl (C=O) groups is 2. The Kier molecular flexibility index (Phi) is 18.3. The maximum Gasteiger partial charge on any atom is 0.309 e. The van der Waals surface area contributed by atoms with Crippen LogP contribution in [0.5, 0.6) is 0 Å². The number of aliphatic hydroxyl groups is 1. The second kappa shape index (κ2) is 20.6. The molecule has 1 saturated heterocycles. The fraction of sp³-hybridized carbons (Fsp3) is 0.816. The lowest BCUT2D eigenvalue weighted by Gasteiger charge is -2.44. The molecule has 2 rings (SSSR count). The van der Waals surface area contributed by atoms with Crippen molar-refractivity contribution in [1.29, 1.82) is 0 Å². The molecule has 0 aromatic carbocycles. The molecule has 0 bridgehead atoms. The third kappa shape index (κ3) is 12.1. The number of aromatic nitrogens is 1. The lowest BCUT2D eigenvalue weighted by molar-refractivity contribution is -0.154. The number of nitrogens with zero attached hydrogens (tertiary/aromatic N) is 4. The first-order valence-corrected chi connectivity index (χ1v) is 25.4. The molecule has 0 amide bonds. The fourth-order valence-corrected chi connectivity index (χ4v) is 14.2. The molecule has 1 aromatic heterocycles. The third-order valence-corrected chi connectivity index (χ3v) is 22.0. The number of hydrogen-bond acceptors (Lipinski definition) is 9. The Labute approximate surface area is 314 Å². The number of aryl methyl sites for hydroxylation is 1. The molecule has 290 valence electrons. The topological polar surface area (TPSA) is 144 Å². The normalized spacial score (nSPS) is 27.9. The van der Waals surface area contributed by atoms with Crippen LogP contribution in [-0.4, -0.2) is 68.9 Å². The van der Waals surface area contributed by atoms with Crippen molar-refractivity contribution in [2.45, 2.75) is 182 Å².